The predicted octanol–water partition coefficient (Wildman–Crippen LogP) is 0.497. The van der Waals surface area contributed by atoms with Gasteiger partial charge in [-0.05, 0) is 31.7 Å². The van der Waals surface area contributed by atoms with Gasteiger partial charge in [0.2, 0.25) is 5.89 Å². The molecule has 0 unspecified atom stereocenters. The Morgan fingerprint density at radius 3 is 2.64 bits per heavy atom. The zero-order chi connectivity index (χ0) is 18.8. The zero-order valence-electron chi connectivity index (χ0n) is 14.7. The van der Waals surface area contributed by atoms with E-state index < -0.39 is 18.0 Å². The number of aromatic nitrogens is 2. The van der Waals surface area contributed by atoms with E-state index in [0.717, 1.165) is 12.8 Å². The summed E-state index contributed by atoms with van der Waals surface area (Å²) in [7, 11) is 0. The summed E-state index contributed by atoms with van der Waals surface area (Å²) in [5, 5.41) is 17.8. The highest BCUT2D eigenvalue weighted by Crippen LogP contribution is 2.13. The van der Waals surface area contributed by atoms with Gasteiger partial charge < -0.3 is 31.7 Å². The number of rotatable bonds is 11. The van der Waals surface area contributed by atoms with Gasteiger partial charge in [-0.3, -0.25) is 0 Å². The van der Waals surface area contributed by atoms with Crippen LogP contribution >= 0.6 is 0 Å². The first-order valence-electron chi connectivity index (χ1n) is 8.38. The number of amides is 2. The van der Waals surface area contributed by atoms with E-state index in [1.807, 2.05) is 13.8 Å². The van der Waals surface area contributed by atoms with E-state index >= 15 is 0 Å². The topological polar surface area (TPSA) is 169 Å². The maximum absolute atomic E-state index is 11.8. The minimum atomic E-state index is -1.08. The molecule has 1 aromatic rings. The molecule has 0 radical (unpaired) electrons. The summed E-state index contributed by atoms with van der Waals surface area (Å²) >= 11 is 0. The van der Waals surface area contributed by atoms with Gasteiger partial charge in [0.15, 0.2) is 5.82 Å². The molecule has 10 nitrogen and oxygen atoms in total. The molecule has 25 heavy (non-hydrogen) atoms. The van der Waals surface area contributed by atoms with Crippen molar-refractivity contribution in [3.63, 3.8) is 0 Å². The lowest BCUT2D eigenvalue weighted by molar-refractivity contribution is -0.139. The summed E-state index contributed by atoms with van der Waals surface area (Å²) in [6.07, 6.45) is 2.78. The van der Waals surface area contributed by atoms with Crippen molar-refractivity contribution in [2.24, 2.45) is 17.4 Å². The van der Waals surface area contributed by atoms with Crippen LogP contribution in [0.25, 0.3) is 0 Å². The largest absolute Gasteiger partial charge is 0.480 e. The second kappa shape index (κ2) is 10.6. The number of carboxylic acids is 1. The number of urea groups is 1. The molecule has 2 amide bonds. The Hall–Kier alpha value is -2.20. The highest BCUT2D eigenvalue weighted by atomic mass is 16.5. The molecule has 0 bridgehead atoms. The van der Waals surface area contributed by atoms with E-state index in [4.69, 9.17) is 21.1 Å². The van der Waals surface area contributed by atoms with E-state index in [-0.39, 0.29) is 24.4 Å². The Kier molecular flexibility index (Phi) is 8.86. The summed E-state index contributed by atoms with van der Waals surface area (Å²) in [6.45, 7) is 4.36. The number of aliphatic carboxylic acids is 1. The Morgan fingerprint density at radius 1 is 1.32 bits per heavy atom. The van der Waals surface area contributed by atoms with Gasteiger partial charge in [-0.25, -0.2) is 9.59 Å². The van der Waals surface area contributed by atoms with Crippen LogP contribution in [0.2, 0.25) is 0 Å². The molecule has 0 aromatic carbocycles. The van der Waals surface area contributed by atoms with E-state index in [0.29, 0.717) is 25.2 Å². The highest BCUT2D eigenvalue weighted by Gasteiger charge is 2.21. The third-order valence-electron chi connectivity index (χ3n) is 3.50. The lowest BCUT2D eigenvalue weighted by Crippen LogP contribution is -2.46. The molecule has 0 spiro atoms. The third kappa shape index (κ3) is 7.94. The number of hydrogen-bond donors (Lipinski definition) is 5. The van der Waals surface area contributed by atoms with Crippen molar-refractivity contribution in [1.82, 2.24) is 20.8 Å². The third-order valence-corrected chi connectivity index (χ3v) is 3.50. The van der Waals surface area contributed by atoms with Crippen molar-refractivity contribution in [3.05, 3.63) is 11.7 Å². The van der Waals surface area contributed by atoms with Crippen LogP contribution in [0.15, 0.2) is 4.52 Å². The van der Waals surface area contributed by atoms with Crippen molar-refractivity contribution < 1.29 is 19.2 Å². The number of unbranched alkanes of at least 4 members (excludes halogenated alkanes) is 1. The number of carbonyl (C=O) groups excluding carboxylic acids is 1. The van der Waals surface area contributed by atoms with E-state index in [9.17, 15) is 9.59 Å². The molecule has 1 aromatic heterocycles. The lowest BCUT2D eigenvalue weighted by Gasteiger charge is -2.16. The van der Waals surface area contributed by atoms with Crippen molar-refractivity contribution in [3.8, 4) is 0 Å². The Morgan fingerprint density at radius 2 is 2.04 bits per heavy atom. The van der Waals surface area contributed by atoms with Crippen LogP contribution in [-0.2, 0) is 11.3 Å². The number of hydrogen-bond acceptors (Lipinski definition) is 7. The average molecular weight is 356 g/mol. The molecular weight excluding hydrogens is 328 g/mol. The maximum atomic E-state index is 11.8. The molecule has 0 saturated carbocycles. The smallest absolute Gasteiger partial charge is 0.326 e. The quantitative estimate of drug-likeness (QED) is 0.357. The molecule has 2 atom stereocenters. The summed E-state index contributed by atoms with van der Waals surface area (Å²) in [6, 6.07) is -1.91. The zero-order valence-corrected chi connectivity index (χ0v) is 14.7. The van der Waals surface area contributed by atoms with Gasteiger partial charge in [0, 0.05) is 0 Å². The molecule has 0 saturated heterocycles. The van der Waals surface area contributed by atoms with Crippen LogP contribution < -0.4 is 22.1 Å². The SMILES string of the molecule is CC(C)C[C@H](NC(=O)NCc1nc([C@@H](N)CCCCN)no1)C(=O)O. The second-order valence-electron chi connectivity index (χ2n) is 6.28. The first kappa shape index (κ1) is 20.8. The normalized spacial score (nSPS) is 13.5. The molecule has 1 heterocycles. The number of nitrogens with zero attached hydrogens (tertiary/aromatic N) is 2. The first-order chi connectivity index (χ1) is 11.8. The van der Waals surface area contributed by atoms with Gasteiger partial charge in [0.25, 0.3) is 0 Å². The molecular formula is C15H28N6O4. The molecule has 0 aliphatic carbocycles. The van der Waals surface area contributed by atoms with E-state index in [2.05, 4.69) is 20.8 Å². The fraction of sp³-hybridized carbons (Fsp3) is 0.733. The maximum Gasteiger partial charge on any atom is 0.326 e. The Bertz CT molecular complexity index is 548. The monoisotopic (exact) mass is 356 g/mol. The number of nitrogens with one attached hydrogen (secondary N) is 2. The summed E-state index contributed by atoms with van der Waals surface area (Å²) in [4.78, 5) is 27.1. The van der Waals surface area contributed by atoms with Gasteiger partial charge in [-0.1, -0.05) is 25.4 Å². The van der Waals surface area contributed by atoms with Crippen molar-refractivity contribution in [2.75, 3.05) is 6.54 Å². The average Bonchev–Trinajstić information content (AvgIpc) is 3.01. The second-order valence-corrected chi connectivity index (χ2v) is 6.28. The minimum Gasteiger partial charge on any atom is -0.480 e. The lowest BCUT2D eigenvalue weighted by atomic mass is 10.0. The van der Waals surface area contributed by atoms with Crippen LogP contribution in [-0.4, -0.2) is 39.8 Å². The van der Waals surface area contributed by atoms with Gasteiger partial charge in [0.1, 0.15) is 6.04 Å². The van der Waals surface area contributed by atoms with Crippen molar-refractivity contribution >= 4 is 12.0 Å². The van der Waals surface area contributed by atoms with Gasteiger partial charge >= 0.3 is 12.0 Å². The van der Waals surface area contributed by atoms with Crippen LogP contribution in [0.5, 0.6) is 0 Å². The van der Waals surface area contributed by atoms with E-state index in [1.54, 1.807) is 0 Å². The van der Waals surface area contributed by atoms with Crippen LogP contribution in [0.4, 0.5) is 4.79 Å². The fourth-order valence-corrected chi connectivity index (χ4v) is 2.19. The molecule has 7 N–H and O–H groups in total. The van der Waals surface area contributed by atoms with Crippen molar-refractivity contribution in [1.29, 1.82) is 0 Å². The summed E-state index contributed by atoms with van der Waals surface area (Å²) in [5.74, 6) is -0.361. The standard InChI is InChI=1S/C15H28N6O4/c1-9(2)7-11(14(22)23)19-15(24)18-8-12-20-13(21-25-12)10(17)5-3-4-6-16/h9-11H,3-8,16-17H2,1-2H3,(H,22,23)(H2,18,19,24)/t10-,11-/m0/s1. The molecule has 10 heteroatoms. The first-order valence-corrected chi connectivity index (χ1v) is 8.38. The summed E-state index contributed by atoms with van der Waals surface area (Å²) in [5.41, 5.74) is 11.4. The van der Waals surface area contributed by atoms with Crippen LogP contribution in [0, 0.1) is 5.92 Å². The van der Waals surface area contributed by atoms with Crippen molar-refractivity contribution in [2.45, 2.75) is 58.2 Å². The van der Waals surface area contributed by atoms with Gasteiger partial charge in [-0.15, -0.1) is 0 Å². The Balaban J connectivity index is 2.44. The molecule has 1 rings (SSSR count). The predicted molar refractivity (Wildman–Crippen MR) is 90.4 cm³/mol. The molecule has 0 aliphatic heterocycles. The number of carboxylic acid groups (broad SMARTS) is 1. The highest BCUT2D eigenvalue weighted by molar-refractivity contribution is 5.82. The van der Waals surface area contributed by atoms with Crippen LogP contribution in [0.1, 0.15) is 57.3 Å². The Labute approximate surface area is 146 Å². The number of carbonyl (C=O) groups is 2. The van der Waals surface area contributed by atoms with Gasteiger partial charge in [-0.2, -0.15) is 4.98 Å². The summed E-state index contributed by atoms with van der Waals surface area (Å²) < 4.78 is 5.03. The number of nitrogens with two attached hydrogens (primary N) is 2. The fourth-order valence-electron chi connectivity index (χ4n) is 2.19. The van der Waals surface area contributed by atoms with Crippen LogP contribution in [0.3, 0.4) is 0 Å². The molecule has 0 aliphatic rings. The van der Waals surface area contributed by atoms with E-state index in [1.165, 1.54) is 0 Å². The van der Waals surface area contributed by atoms with Gasteiger partial charge in [0.05, 0.1) is 12.6 Å². The minimum absolute atomic E-state index is 0.0115. The molecule has 0 fully saturated rings. The molecule has 142 valence electrons.